The molecule has 0 aliphatic heterocycles. The van der Waals surface area contributed by atoms with Gasteiger partial charge in [0.1, 0.15) is 0 Å². The van der Waals surface area contributed by atoms with E-state index in [1.54, 1.807) is 10.9 Å². The first kappa shape index (κ1) is 13.6. The van der Waals surface area contributed by atoms with Crippen LogP contribution in [0.15, 0.2) is 12.4 Å². The first-order valence-electron chi connectivity index (χ1n) is 6.61. The number of carbonyl (C=O) groups is 2. The molecule has 0 radical (unpaired) electrons. The molecule has 6 nitrogen and oxygen atoms in total. The molecule has 0 saturated heterocycles. The monoisotopic (exact) mass is 265 g/mol. The topological polar surface area (TPSA) is 84.2 Å². The van der Waals surface area contributed by atoms with Crippen molar-refractivity contribution in [2.45, 2.75) is 51.1 Å². The summed E-state index contributed by atoms with van der Waals surface area (Å²) >= 11 is 0. The Balaban J connectivity index is 2.00. The molecule has 1 aromatic rings. The van der Waals surface area contributed by atoms with Crippen molar-refractivity contribution in [3.8, 4) is 0 Å². The van der Waals surface area contributed by atoms with E-state index < -0.39 is 11.5 Å². The van der Waals surface area contributed by atoms with Gasteiger partial charge in [0.15, 0.2) is 0 Å². The Morgan fingerprint density at radius 3 is 2.79 bits per heavy atom. The van der Waals surface area contributed by atoms with Gasteiger partial charge < -0.3 is 10.4 Å². The highest BCUT2D eigenvalue weighted by molar-refractivity contribution is 5.94. The molecule has 1 heterocycles. The van der Waals surface area contributed by atoms with E-state index in [1.165, 1.54) is 6.20 Å². The van der Waals surface area contributed by atoms with Crippen LogP contribution in [0.3, 0.4) is 0 Å². The lowest BCUT2D eigenvalue weighted by Crippen LogP contribution is -2.54. The lowest BCUT2D eigenvalue weighted by atomic mass is 9.74. The van der Waals surface area contributed by atoms with Crippen molar-refractivity contribution in [1.82, 2.24) is 15.1 Å². The van der Waals surface area contributed by atoms with Crippen LogP contribution < -0.4 is 5.32 Å². The number of carboxylic acids is 1. The molecule has 0 aromatic carbocycles. The molecular formula is C13H19N3O3. The Kier molecular flexibility index (Phi) is 3.87. The van der Waals surface area contributed by atoms with Gasteiger partial charge >= 0.3 is 5.97 Å². The zero-order valence-electron chi connectivity index (χ0n) is 11.1. The van der Waals surface area contributed by atoms with E-state index in [1.807, 2.05) is 6.92 Å². The second-order valence-corrected chi connectivity index (χ2v) is 5.15. The van der Waals surface area contributed by atoms with Crippen LogP contribution >= 0.6 is 0 Å². The Morgan fingerprint density at radius 2 is 2.26 bits per heavy atom. The average molecular weight is 265 g/mol. The first-order chi connectivity index (χ1) is 9.04. The van der Waals surface area contributed by atoms with Gasteiger partial charge in [-0.3, -0.25) is 14.3 Å². The standard InChI is InChI=1S/C13H19N3O3/c1-2-6-16-9-10(8-14-16)12(19)15-13(4-3-5-13)7-11(17)18/h8-9H,2-7H2,1H3,(H,15,19)(H,17,18). The minimum absolute atomic E-state index is 0.0121. The summed E-state index contributed by atoms with van der Waals surface area (Å²) < 4.78 is 1.72. The summed E-state index contributed by atoms with van der Waals surface area (Å²) in [5.41, 5.74) is -0.0689. The highest BCUT2D eigenvalue weighted by Gasteiger charge is 2.40. The molecule has 1 amide bonds. The Bertz CT molecular complexity index is 477. The van der Waals surface area contributed by atoms with Crippen molar-refractivity contribution in [3.05, 3.63) is 18.0 Å². The lowest BCUT2D eigenvalue weighted by Gasteiger charge is -2.41. The molecule has 0 spiro atoms. The third-order valence-corrected chi connectivity index (χ3v) is 3.53. The SMILES string of the molecule is CCCn1cc(C(=O)NC2(CC(=O)O)CCC2)cn1. The van der Waals surface area contributed by atoms with Crippen LogP contribution in [0.4, 0.5) is 0 Å². The molecule has 19 heavy (non-hydrogen) atoms. The average Bonchev–Trinajstić information content (AvgIpc) is 2.74. The van der Waals surface area contributed by atoms with Gasteiger partial charge in [0.25, 0.3) is 5.91 Å². The van der Waals surface area contributed by atoms with E-state index in [4.69, 9.17) is 5.11 Å². The molecule has 2 rings (SSSR count). The number of aryl methyl sites for hydroxylation is 1. The van der Waals surface area contributed by atoms with E-state index >= 15 is 0 Å². The van der Waals surface area contributed by atoms with Crippen molar-refractivity contribution >= 4 is 11.9 Å². The van der Waals surface area contributed by atoms with Crippen LogP contribution in [0.5, 0.6) is 0 Å². The van der Waals surface area contributed by atoms with Crippen molar-refractivity contribution in [3.63, 3.8) is 0 Å². The van der Waals surface area contributed by atoms with Crippen LogP contribution in [-0.4, -0.2) is 32.3 Å². The van der Waals surface area contributed by atoms with Crippen molar-refractivity contribution in [2.75, 3.05) is 0 Å². The fourth-order valence-electron chi connectivity index (χ4n) is 2.38. The van der Waals surface area contributed by atoms with Gasteiger partial charge in [0.2, 0.25) is 0 Å². The molecule has 2 N–H and O–H groups in total. The molecule has 6 heteroatoms. The number of aliphatic carboxylic acids is 1. The number of nitrogens with one attached hydrogen (secondary N) is 1. The van der Waals surface area contributed by atoms with Gasteiger partial charge in [0.05, 0.1) is 23.7 Å². The number of aromatic nitrogens is 2. The number of hydrogen-bond donors (Lipinski definition) is 2. The Morgan fingerprint density at radius 1 is 1.53 bits per heavy atom. The van der Waals surface area contributed by atoms with Gasteiger partial charge in [-0.05, 0) is 25.7 Å². The zero-order chi connectivity index (χ0) is 13.9. The summed E-state index contributed by atoms with van der Waals surface area (Å²) in [4.78, 5) is 22.9. The van der Waals surface area contributed by atoms with E-state index in [0.717, 1.165) is 32.2 Å². The minimum atomic E-state index is -0.873. The van der Waals surface area contributed by atoms with Gasteiger partial charge in [0, 0.05) is 12.7 Å². The minimum Gasteiger partial charge on any atom is -0.481 e. The van der Waals surface area contributed by atoms with E-state index in [2.05, 4.69) is 10.4 Å². The number of carboxylic acid groups (broad SMARTS) is 1. The molecule has 1 aromatic heterocycles. The van der Waals surface area contributed by atoms with Gasteiger partial charge in [-0.2, -0.15) is 5.10 Å². The molecule has 0 unspecified atom stereocenters. The number of hydrogen-bond acceptors (Lipinski definition) is 3. The van der Waals surface area contributed by atoms with E-state index in [9.17, 15) is 9.59 Å². The molecule has 104 valence electrons. The molecule has 1 aliphatic rings. The van der Waals surface area contributed by atoms with Crippen LogP contribution in [-0.2, 0) is 11.3 Å². The summed E-state index contributed by atoms with van der Waals surface area (Å²) in [5, 5.41) is 15.9. The second kappa shape index (κ2) is 5.42. The molecule has 0 bridgehead atoms. The maximum Gasteiger partial charge on any atom is 0.305 e. The largest absolute Gasteiger partial charge is 0.481 e. The van der Waals surface area contributed by atoms with Crippen molar-refractivity contribution in [1.29, 1.82) is 0 Å². The van der Waals surface area contributed by atoms with Crippen molar-refractivity contribution in [2.24, 2.45) is 0 Å². The van der Waals surface area contributed by atoms with Crippen molar-refractivity contribution < 1.29 is 14.7 Å². The maximum absolute atomic E-state index is 12.1. The highest BCUT2D eigenvalue weighted by atomic mass is 16.4. The normalized spacial score (nSPS) is 16.7. The second-order valence-electron chi connectivity index (χ2n) is 5.15. The Labute approximate surface area is 111 Å². The fraction of sp³-hybridized carbons (Fsp3) is 0.615. The van der Waals surface area contributed by atoms with Crippen LogP contribution in [0.1, 0.15) is 49.4 Å². The predicted octanol–water partition coefficient (Wildman–Crippen LogP) is 1.42. The number of amides is 1. The third-order valence-electron chi connectivity index (χ3n) is 3.53. The Hall–Kier alpha value is -1.85. The number of nitrogens with zero attached hydrogens (tertiary/aromatic N) is 2. The highest BCUT2D eigenvalue weighted by Crippen LogP contribution is 2.35. The van der Waals surface area contributed by atoms with Crippen LogP contribution in [0, 0.1) is 0 Å². The zero-order valence-corrected chi connectivity index (χ0v) is 11.1. The fourth-order valence-corrected chi connectivity index (χ4v) is 2.38. The van der Waals surface area contributed by atoms with E-state index in [-0.39, 0.29) is 12.3 Å². The smallest absolute Gasteiger partial charge is 0.305 e. The molecule has 1 aliphatic carbocycles. The van der Waals surface area contributed by atoms with Gasteiger partial charge in [-0.1, -0.05) is 6.92 Å². The molecule has 0 atom stereocenters. The molecular weight excluding hydrogens is 246 g/mol. The molecule has 1 saturated carbocycles. The summed E-state index contributed by atoms with van der Waals surface area (Å²) in [5.74, 6) is -1.11. The van der Waals surface area contributed by atoms with Crippen LogP contribution in [0.25, 0.3) is 0 Å². The third kappa shape index (κ3) is 3.13. The number of rotatable bonds is 6. The molecule has 1 fully saturated rings. The maximum atomic E-state index is 12.1. The number of carbonyl (C=O) groups excluding carboxylic acids is 1. The summed E-state index contributed by atoms with van der Waals surface area (Å²) in [7, 11) is 0. The quantitative estimate of drug-likeness (QED) is 0.814. The lowest BCUT2D eigenvalue weighted by molar-refractivity contribution is -0.139. The summed E-state index contributed by atoms with van der Waals surface area (Å²) in [6.45, 7) is 2.81. The predicted molar refractivity (Wildman–Crippen MR) is 68.8 cm³/mol. The van der Waals surface area contributed by atoms with Gasteiger partial charge in [-0.25, -0.2) is 0 Å². The van der Waals surface area contributed by atoms with Crippen LogP contribution in [0.2, 0.25) is 0 Å². The summed E-state index contributed by atoms with van der Waals surface area (Å²) in [6, 6.07) is 0. The summed E-state index contributed by atoms with van der Waals surface area (Å²) in [6.07, 6.45) is 6.59. The van der Waals surface area contributed by atoms with E-state index in [0.29, 0.717) is 5.56 Å². The first-order valence-corrected chi connectivity index (χ1v) is 6.61. The van der Waals surface area contributed by atoms with Gasteiger partial charge in [-0.15, -0.1) is 0 Å².